The summed E-state index contributed by atoms with van der Waals surface area (Å²) < 4.78 is 38.1. The Hall–Kier alpha value is -1.01. The molecule has 0 fully saturated rings. The van der Waals surface area contributed by atoms with Crippen LogP contribution in [0, 0.1) is 0 Å². The van der Waals surface area contributed by atoms with Gasteiger partial charge in [-0.3, -0.25) is 0 Å². The van der Waals surface area contributed by atoms with Crippen LogP contribution >= 0.6 is 23.8 Å². The molecule has 1 rings (SSSR count). The molecule has 0 saturated carbocycles. The van der Waals surface area contributed by atoms with Gasteiger partial charge < -0.3 is 10.6 Å². The standard InChI is InChI=1S/C13H16ClF3N2S/c1-3-4-8(2)18-12(20)19-9-5-6-11(14)10(7-9)13(15,16)17/h5-8H,3-4H2,1-2H3,(H2,18,19,20). The second-order valence-electron chi connectivity index (χ2n) is 4.48. The van der Waals surface area contributed by atoms with E-state index in [1.54, 1.807) is 0 Å². The fourth-order valence-electron chi connectivity index (χ4n) is 1.72. The van der Waals surface area contributed by atoms with Crippen molar-refractivity contribution in [2.75, 3.05) is 5.32 Å². The van der Waals surface area contributed by atoms with Crippen molar-refractivity contribution in [3.05, 3.63) is 28.8 Å². The van der Waals surface area contributed by atoms with Gasteiger partial charge in [0.05, 0.1) is 10.6 Å². The van der Waals surface area contributed by atoms with Crippen LogP contribution in [0.2, 0.25) is 5.02 Å². The maximum atomic E-state index is 12.7. The SMILES string of the molecule is CCCC(C)NC(=S)Nc1ccc(Cl)c(C(F)(F)F)c1. The molecule has 0 bridgehead atoms. The van der Waals surface area contributed by atoms with Crippen molar-refractivity contribution >= 4 is 34.6 Å². The van der Waals surface area contributed by atoms with Crippen LogP contribution in [0.3, 0.4) is 0 Å². The van der Waals surface area contributed by atoms with E-state index >= 15 is 0 Å². The molecule has 0 spiro atoms. The van der Waals surface area contributed by atoms with Gasteiger partial charge in [-0.25, -0.2) is 0 Å². The number of rotatable bonds is 4. The zero-order valence-corrected chi connectivity index (χ0v) is 12.7. The van der Waals surface area contributed by atoms with Gasteiger partial charge in [0.2, 0.25) is 0 Å². The van der Waals surface area contributed by atoms with Gasteiger partial charge in [0, 0.05) is 11.7 Å². The summed E-state index contributed by atoms with van der Waals surface area (Å²) in [5.41, 5.74) is -0.628. The number of thiocarbonyl (C=S) groups is 1. The van der Waals surface area contributed by atoms with Gasteiger partial charge in [-0.15, -0.1) is 0 Å². The minimum Gasteiger partial charge on any atom is -0.360 e. The molecule has 1 atom stereocenters. The van der Waals surface area contributed by atoms with E-state index in [9.17, 15) is 13.2 Å². The molecule has 0 heterocycles. The lowest BCUT2D eigenvalue weighted by Crippen LogP contribution is -2.35. The summed E-state index contributed by atoms with van der Waals surface area (Å²) in [5.74, 6) is 0. The molecule has 0 radical (unpaired) electrons. The third-order valence-electron chi connectivity index (χ3n) is 2.63. The second-order valence-corrected chi connectivity index (χ2v) is 5.30. The maximum absolute atomic E-state index is 12.7. The Bertz CT molecular complexity index is 477. The van der Waals surface area contributed by atoms with Gasteiger partial charge in [-0.05, 0) is 43.8 Å². The number of benzene rings is 1. The van der Waals surface area contributed by atoms with E-state index in [4.69, 9.17) is 23.8 Å². The predicted octanol–water partition coefficient (Wildman–Crippen LogP) is 4.83. The molecule has 1 aromatic rings. The Morgan fingerprint density at radius 2 is 2.05 bits per heavy atom. The Kier molecular flexibility index (Phi) is 6.07. The van der Waals surface area contributed by atoms with E-state index in [0.717, 1.165) is 18.9 Å². The van der Waals surface area contributed by atoms with Crippen molar-refractivity contribution in [2.24, 2.45) is 0 Å². The second kappa shape index (κ2) is 7.13. The number of nitrogens with one attached hydrogen (secondary N) is 2. The zero-order chi connectivity index (χ0) is 15.3. The van der Waals surface area contributed by atoms with Crippen LogP contribution in [0.4, 0.5) is 18.9 Å². The van der Waals surface area contributed by atoms with Gasteiger partial charge in [-0.1, -0.05) is 24.9 Å². The summed E-state index contributed by atoms with van der Waals surface area (Å²) >= 11 is 10.6. The van der Waals surface area contributed by atoms with E-state index in [2.05, 4.69) is 10.6 Å². The van der Waals surface area contributed by atoms with Crippen molar-refractivity contribution in [3.63, 3.8) is 0 Å². The lowest BCUT2D eigenvalue weighted by atomic mass is 10.2. The van der Waals surface area contributed by atoms with Crippen molar-refractivity contribution < 1.29 is 13.2 Å². The van der Waals surface area contributed by atoms with Gasteiger partial charge in [0.25, 0.3) is 0 Å². The van der Waals surface area contributed by atoms with Gasteiger partial charge in [-0.2, -0.15) is 13.2 Å². The Labute approximate surface area is 126 Å². The largest absolute Gasteiger partial charge is 0.417 e. The van der Waals surface area contributed by atoms with Crippen molar-refractivity contribution in [1.29, 1.82) is 0 Å². The van der Waals surface area contributed by atoms with Crippen molar-refractivity contribution in [2.45, 2.75) is 38.9 Å². The van der Waals surface area contributed by atoms with E-state index in [1.807, 2.05) is 13.8 Å². The monoisotopic (exact) mass is 324 g/mol. The molecule has 20 heavy (non-hydrogen) atoms. The minimum absolute atomic E-state index is 0.161. The van der Waals surface area contributed by atoms with Crippen LogP contribution in [0.25, 0.3) is 0 Å². The summed E-state index contributed by atoms with van der Waals surface area (Å²) in [6.07, 6.45) is -2.56. The number of hydrogen-bond donors (Lipinski definition) is 2. The molecule has 0 aromatic heterocycles. The molecule has 0 aliphatic heterocycles. The molecule has 1 unspecified atom stereocenters. The van der Waals surface area contributed by atoms with Gasteiger partial charge in [0.15, 0.2) is 5.11 Å². The first-order valence-corrected chi connectivity index (χ1v) is 6.97. The lowest BCUT2D eigenvalue weighted by Gasteiger charge is -2.17. The van der Waals surface area contributed by atoms with E-state index in [0.29, 0.717) is 5.11 Å². The summed E-state index contributed by atoms with van der Waals surface area (Å²) in [5, 5.41) is 5.70. The average molecular weight is 325 g/mol. The number of alkyl halides is 3. The van der Waals surface area contributed by atoms with Crippen LogP contribution in [-0.2, 0) is 6.18 Å². The Morgan fingerprint density at radius 1 is 1.40 bits per heavy atom. The fraction of sp³-hybridized carbons (Fsp3) is 0.462. The van der Waals surface area contributed by atoms with E-state index < -0.39 is 11.7 Å². The van der Waals surface area contributed by atoms with E-state index in [-0.39, 0.29) is 16.8 Å². The first-order valence-electron chi connectivity index (χ1n) is 6.18. The highest BCUT2D eigenvalue weighted by atomic mass is 35.5. The third kappa shape index (κ3) is 5.17. The highest BCUT2D eigenvalue weighted by molar-refractivity contribution is 7.80. The average Bonchev–Trinajstić information content (AvgIpc) is 2.30. The molecular weight excluding hydrogens is 309 g/mol. The maximum Gasteiger partial charge on any atom is 0.417 e. The van der Waals surface area contributed by atoms with Crippen LogP contribution in [-0.4, -0.2) is 11.2 Å². The molecular formula is C13H16ClF3N2S. The summed E-state index contributed by atoms with van der Waals surface area (Å²) in [7, 11) is 0. The quantitative estimate of drug-likeness (QED) is 0.775. The fourth-order valence-corrected chi connectivity index (χ4v) is 2.26. The molecule has 112 valence electrons. The molecule has 0 aliphatic carbocycles. The molecule has 0 aliphatic rings. The number of anilines is 1. The Balaban J connectivity index is 2.76. The van der Waals surface area contributed by atoms with Gasteiger partial charge >= 0.3 is 6.18 Å². The molecule has 0 amide bonds. The summed E-state index contributed by atoms with van der Waals surface area (Å²) in [6.45, 7) is 4.00. The molecule has 2 N–H and O–H groups in total. The summed E-state index contributed by atoms with van der Waals surface area (Å²) in [6, 6.07) is 3.76. The van der Waals surface area contributed by atoms with Crippen LogP contribution in [0.5, 0.6) is 0 Å². The van der Waals surface area contributed by atoms with Crippen LogP contribution < -0.4 is 10.6 Å². The van der Waals surface area contributed by atoms with Crippen molar-refractivity contribution in [3.8, 4) is 0 Å². The molecule has 0 saturated heterocycles. The minimum atomic E-state index is -4.49. The van der Waals surface area contributed by atoms with Crippen molar-refractivity contribution in [1.82, 2.24) is 5.32 Å². The van der Waals surface area contributed by atoms with Crippen LogP contribution in [0.1, 0.15) is 32.3 Å². The molecule has 1 aromatic carbocycles. The summed E-state index contributed by atoms with van der Waals surface area (Å²) in [4.78, 5) is 0. The topological polar surface area (TPSA) is 24.1 Å². The smallest absolute Gasteiger partial charge is 0.360 e. The molecule has 7 heteroatoms. The highest BCUT2D eigenvalue weighted by Crippen LogP contribution is 2.36. The first kappa shape index (κ1) is 17.0. The predicted molar refractivity (Wildman–Crippen MR) is 80.2 cm³/mol. The lowest BCUT2D eigenvalue weighted by molar-refractivity contribution is -0.137. The Morgan fingerprint density at radius 3 is 2.60 bits per heavy atom. The normalized spacial score (nSPS) is 12.9. The number of halogens is 4. The molecule has 2 nitrogen and oxygen atoms in total. The van der Waals surface area contributed by atoms with Crippen LogP contribution in [0.15, 0.2) is 18.2 Å². The first-order chi connectivity index (χ1) is 9.24. The number of hydrogen-bond acceptors (Lipinski definition) is 1. The van der Waals surface area contributed by atoms with Gasteiger partial charge in [0.1, 0.15) is 0 Å². The highest BCUT2D eigenvalue weighted by Gasteiger charge is 2.33. The van der Waals surface area contributed by atoms with E-state index in [1.165, 1.54) is 12.1 Å². The zero-order valence-electron chi connectivity index (χ0n) is 11.1. The third-order valence-corrected chi connectivity index (χ3v) is 3.18.